The number of hydrogen-bond acceptors (Lipinski definition) is 4. The summed E-state index contributed by atoms with van der Waals surface area (Å²) in [5.74, 6) is 1.19. The molecule has 1 aliphatic rings. The second-order valence-electron chi connectivity index (χ2n) is 5.10. The van der Waals surface area contributed by atoms with Crippen molar-refractivity contribution in [1.29, 1.82) is 0 Å². The molecule has 1 aromatic carbocycles. The molecule has 0 radical (unpaired) electrons. The maximum atomic E-state index is 12.0. The number of thioether (sulfide) groups is 1. The van der Waals surface area contributed by atoms with E-state index in [0.717, 1.165) is 35.9 Å². The highest BCUT2D eigenvalue weighted by atomic mass is 32.2. The van der Waals surface area contributed by atoms with Crippen LogP contribution in [0, 0.1) is 0 Å². The second kappa shape index (κ2) is 6.35. The Morgan fingerprint density at radius 1 is 1.29 bits per heavy atom. The molecule has 1 aliphatic carbocycles. The number of aromatic nitrogens is 2. The lowest BCUT2D eigenvalue weighted by atomic mass is 9.99. The number of benzene rings is 1. The number of carbonyl (C=O) groups excluding carboxylic acids is 1. The Labute approximate surface area is 128 Å². The van der Waals surface area contributed by atoms with Crippen LogP contribution in [0.1, 0.15) is 25.7 Å². The number of methoxy groups -OCH3 is 1. The van der Waals surface area contributed by atoms with Crippen LogP contribution < -0.4 is 4.74 Å². The summed E-state index contributed by atoms with van der Waals surface area (Å²) in [6.07, 6.45) is 7.53. The number of ketones is 1. The Bertz CT molecular complexity index is 621. The van der Waals surface area contributed by atoms with Gasteiger partial charge in [-0.2, -0.15) is 0 Å². The summed E-state index contributed by atoms with van der Waals surface area (Å²) in [6.45, 7) is 0. The molecule has 1 aromatic heterocycles. The maximum absolute atomic E-state index is 12.0. The zero-order chi connectivity index (χ0) is 14.7. The van der Waals surface area contributed by atoms with E-state index in [4.69, 9.17) is 4.74 Å². The van der Waals surface area contributed by atoms with E-state index in [-0.39, 0.29) is 5.25 Å². The van der Waals surface area contributed by atoms with Crippen LogP contribution in [0.25, 0.3) is 5.69 Å². The summed E-state index contributed by atoms with van der Waals surface area (Å²) in [5.41, 5.74) is 1.03. The van der Waals surface area contributed by atoms with Crippen LogP contribution in [0.4, 0.5) is 0 Å². The average molecular weight is 302 g/mol. The third-order valence-electron chi connectivity index (χ3n) is 3.70. The first kappa shape index (κ1) is 14.2. The molecule has 2 aromatic rings. The van der Waals surface area contributed by atoms with Crippen LogP contribution in [-0.4, -0.2) is 27.7 Å². The van der Waals surface area contributed by atoms with Crippen molar-refractivity contribution in [2.75, 3.05) is 7.11 Å². The Morgan fingerprint density at radius 2 is 2.10 bits per heavy atom. The van der Waals surface area contributed by atoms with Crippen molar-refractivity contribution in [3.63, 3.8) is 0 Å². The van der Waals surface area contributed by atoms with E-state index in [0.29, 0.717) is 12.2 Å². The van der Waals surface area contributed by atoms with Gasteiger partial charge in [-0.05, 0) is 37.1 Å². The quantitative estimate of drug-likeness (QED) is 0.867. The number of hydrogen-bond donors (Lipinski definition) is 0. The standard InChI is InChI=1S/C16H18N2O2S/c1-20-13-8-6-12(7-9-13)18-11-10-17-16(18)21-15-5-3-2-4-14(15)19/h6-11,15H,2-5H2,1H3/t15-/m1/s1. The van der Waals surface area contributed by atoms with Gasteiger partial charge in [0.25, 0.3) is 0 Å². The number of ether oxygens (including phenoxy) is 1. The first-order chi connectivity index (χ1) is 10.3. The van der Waals surface area contributed by atoms with Crippen molar-refractivity contribution in [2.45, 2.75) is 36.1 Å². The fourth-order valence-electron chi connectivity index (χ4n) is 2.52. The summed E-state index contributed by atoms with van der Waals surface area (Å²) < 4.78 is 7.20. The molecule has 3 rings (SSSR count). The third kappa shape index (κ3) is 3.13. The van der Waals surface area contributed by atoms with E-state index in [2.05, 4.69) is 4.98 Å². The lowest BCUT2D eigenvalue weighted by Crippen LogP contribution is -2.21. The maximum Gasteiger partial charge on any atom is 0.173 e. The lowest BCUT2D eigenvalue weighted by molar-refractivity contribution is -0.119. The summed E-state index contributed by atoms with van der Waals surface area (Å²) in [6, 6.07) is 7.84. The van der Waals surface area contributed by atoms with Crippen LogP contribution in [0.5, 0.6) is 5.75 Å². The monoisotopic (exact) mass is 302 g/mol. The molecule has 0 aliphatic heterocycles. The van der Waals surface area contributed by atoms with Crippen molar-refractivity contribution in [1.82, 2.24) is 9.55 Å². The van der Waals surface area contributed by atoms with E-state index < -0.39 is 0 Å². The molecule has 1 atom stereocenters. The van der Waals surface area contributed by atoms with Crippen molar-refractivity contribution < 1.29 is 9.53 Å². The molecule has 0 bridgehead atoms. The topological polar surface area (TPSA) is 44.1 Å². The fourth-order valence-corrected chi connectivity index (χ4v) is 3.71. The molecule has 1 heterocycles. The van der Waals surface area contributed by atoms with Crippen LogP contribution in [0.2, 0.25) is 0 Å². The van der Waals surface area contributed by atoms with Gasteiger partial charge in [0.15, 0.2) is 5.16 Å². The highest BCUT2D eigenvalue weighted by molar-refractivity contribution is 8.00. The van der Waals surface area contributed by atoms with Crippen LogP contribution in [-0.2, 0) is 4.79 Å². The van der Waals surface area contributed by atoms with Gasteiger partial charge in [0, 0.05) is 24.5 Å². The van der Waals surface area contributed by atoms with Gasteiger partial charge in [-0.15, -0.1) is 0 Å². The van der Waals surface area contributed by atoms with Gasteiger partial charge in [0.2, 0.25) is 0 Å². The Kier molecular flexibility index (Phi) is 4.29. The van der Waals surface area contributed by atoms with Crippen molar-refractivity contribution >= 4 is 17.5 Å². The normalized spacial score (nSPS) is 18.7. The number of imidazole rings is 1. The minimum absolute atomic E-state index is 0.0538. The largest absolute Gasteiger partial charge is 0.497 e. The fraction of sp³-hybridized carbons (Fsp3) is 0.375. The molecule has 1 saturated carbocycles. The molecule has 0 spiro atoms. The number of Topliss-reactive ketones (excluding diaryl/α,β-unsaturated/α-hetero) is 1. The average Bonchev–Trinajstić information content (AvgIpc) is 2.98. The molecule has 0 unspecified atom stereocenters. The van der Waals surface area contributed by atoms with Gasteiger partial charge in [0.1, 0.15) is 11.5 Å². The minimum atomic E-state index is 0.0538. The van der Waals surface area contributed by atoms with Crippen LogP contribution >= 0.6 is 11.8 Å². The first-order valence-corrected chi connectivity index (χ1v) is 8.03. The van der Waals surface area contributed by atoms with Crippen molar-refractivity contribution in [2.24, 2.45) is 0 Å². The van der Waals surface area contributed by atoms with E-state index in [9.17, 15) is 4.79 Å². The second-order valence-corrected chi connectivity index (χ2v) is 6.27. The first-order valence-electron chi connectivity index (χ1n) is 7.15. The van der Waals surface area contributed by atoms with Gasteiger partial charge in [-0.25, -0.2) is 4.98 Å². The van der Waals surface area contributed by atoms with Crippen LogP contribution in [0.15, 0.2) is 41.8 Å². The molecule has 0 N–H and O–H groups in total. The minimum Gasteiger partial charge on any atom is -0.497 e. The SMILES string of the molecule is COc1ccc(-n2ccnc2S[C@@H]2CCCCC2=O)cc1. The van der Waals surface area contributed by atoms with Crippen molar-refractivity contribution in [3.8, 4) is 11.4 Å². The van der Waals surface area contributed by atoms with Gasteiger partial charge >= 0.3 is 0 Å². The molecule has 21 heavy (non-hydrogen) atoms. The Hall–Kier alpha value is -1.75. The summed E-state index contributed by atoms with van der Waals surface area (Å²) >= 11 is 1.58. The lowest BCUT2D eigenvalue weighted by Gasteiger charge is -2.19. The summed E-state index contributed by atoms with van der Waals surface area (Å²) in [4.78, 5) is 16.4. The molecular formula is C16H18N2O2S. The van der Waals surface area contributed by atoms with E-state index >= 15 is 0 Å². The molecule has 0 amide bonds. The zero-order valence-corrected chi connectivity index (χ0v) is 12.8. The van der Waals surface area contributed by atoms with Crippen LogP contribution in [0.3, 0.4) is 0 Å². The predicted octanol–water partition coefficient (Wildman–Crippen LogP) is 3.48. The number of carbonyl (C=O) groups is 1. The van der Waals surface area contributed by atoms with Gasteiger partial charge < -0.3 is 4.74 Å². The van der Waals surface area contributed by atoms with E-state index in [1.807, 2.05) is 35.0 Å². The molecule has 0 saturated heterocycles. The summed E-state index contributed by atoms with van der Waals surface area (Å²) in [5, 5.41) is 0.929. The molecular weight excluding hydrogens is 284 g/mol. The molecule has 5 heteroatoms. The number of nitrogens with zero attached hydrogens (tertiary/aromatic N) is 2. The van der Waals surface area contributed by atoms with Crippen molar-refractivity contribution in [3.05, 3.63) is 36.7 Å². The molecule has 1 fully saturated rings. The molecule has 110 valence electrons. The smallest absolute Gasteiger partial charge is 0.173 e. The Balaban J connectivity index is 1.81. The van der Waals surface area contributed by atoms with Gasteiger partial charge in [0.05, 0.1) is 12.4 Å². The van der Waals surface area contributed by atoms with E-state index in [1.54, 1.807) is 25.1 Å². The highest BCUT2D eigenvalue weighted by Crippen LogP contribution is 2.32. The summed E-state index contributed by atoms with van der Waals surface area (Å²) in [7, 11) is 1.65. The van der Waals surface area contributed by atoms with Gasteiger partial charge in [-0.3, -0.25) is 9.36 Å². The van der Waals surface area contributed by atoms with E-state index in [1.165, 1.54) is 0 Å². The highest BCUT2D eigenvalue weighted by Gasteiger charge is 2.24. The Morgan fingerprint density at radius 3 is 2.81 bits per heavy atom. The number of rotatable bonds is 4. The molecule has 4 nitrogen and oxygen atoms in total. The predicted molar refractivity (Wildman–Crippen MR) is 83.2 cm³/mol. The third-order valence-corrected chi connectivity index (χ3v) is 5.00. The van der Waals surface area contributed by atoms with Gasteiger partial charge in [-0.1, -0.05) is 18.2 Å². The zero-order valence-electron chi connectivity index (χ0n) is 12.0.